The van der Waals surface area contributed by atoms with Gasteiger partial charge in [0.05, 0.1) is 23.3 Å². The summed E-state index contributed by atoms with van der Waals surface area (Å²) < 4.78 is 8.67. The number of hydrogen-bond donors (Lipinski definition) is 0. The van der Waals surface area contributed by atoms with Crippen molar-refractivity contribution >= 4 is 28.4 Å². The number of carbonyl (C=O) groups is 1. The summed E-state index contributed by atoms with van der Waals surface area (Å²) in [6.45, 7) is 7.56. The van der Waals surface area contributed by atoms with Crippen LogP contribution in [0.4, 0.5) is 0 Å². The van der Waals surface area contributed by atoms with Gasteiger partial charge in [-0.3, -0.25) is 14.6 Å². The van der Waals surface area contributed by atoms with Crippen molar-refractivity contribution in [3.8, 4) is 0 Å². The zero-order valence-electron chi connectivity index (χ0n) is 26.7. The molecule has 0 N–H and O–H groups in total. The van der Waals surface area contributed by atoms with Crippen LogP contribution in [-0.4, -0.2) is 63.9 Å². The highest BCUT2D eigenvalue weighted by Gasteiger charge is 2.43. The summed E-state index contributed by atoms with van der Waals surface area (Å²) in [6.07, 6.45) is 3.72. The van der Waals surface area contributed by atoms with E-state index in [2.05, 4.69) is 105 Å². The van der Waals surface area contributed by atoms with Gasteiger partial charge in [0, 0.05) is 75.0 Å². The van der Waals surface area contributed by atoms with Gasteiger partial charge in [0.15, 0.2) is 0 Å². The molecule has 4 aromatic carbocycles. The number of rotatable bonds is 7. The number of likely N-dealkylation sites (tertiary alicyclic amines) is 1. The molecule has 3 aliphatic heterocycles. The molecule has 1 spiro atoms. The summed E-state index contributed by atoms with van der Waals surface area (Å²) in [5.41, 5.74) is 6.73. The number of carbonyl (C=O) groups excluding carboxylic acids is 1. The molecule has 0 radical (unpaired) electrons. The summed E-state index contributed by atoms with van der Waals surface area (Å²) in [4.78, 5) is 21.4. The van der Waals surface area contributed by atoms with Crippen molar-refractivity contribution < 1.29 is 9.53 Å². The molecule has 0 bridgehead atoms. The Morgan fingerprint density at radius 2 is 1.51 bits per heavy atom. The SMILES string of the molecule is O=C(c1cn(CC2CN(Cc3ccccc3)CCN2Cc2ccccc2)c2cc(Cl)ccc12)N1CCC2(CC1)OCc1ccccc12. The minimum Gasteiger partial charge on any atom is -0.365 e. The van der Waals surface area contributed by atoms with Gasteiger partial charge in [-0.1, -0.05) is 103 Å². The number of nitrogens with zero attached hydrogens (tertiary/aromatic N) is 4. The Balaban J connectivity index is 1.05. The van der Waals surface area contributed by atoms with Gasteiger partial charge in [-0.2, -0.15) is 0 Å². The Kier molecular flexibility index (Phi) is 8.36. The molecule has 47 heavy (non-hydrogen) atoms. The summed E-state index contributed by atoms with van der Waals surface area (Å²) in [5.74, 6) is 0.0905. The van der Waals surface area contributed by atoms with Crippen LogP contribution in [0.25, 0.3) is 10.9 Å². The zero-order chi connectivity index (χ0) is 31.8. The van der Waals surface area contributed by atoms with Crippen LogP contribution in [0.5, 0.6) is 0 Å². The van der Waals surface area contributed by atoms with E-state index >= 15 is 0 Å². The van der Waals surface area contributed by atoms with Crippen LogP contribution in [0.3, 0.4) is 0 Å². The molecule has 1 amide bonds. The van der Waals surface area contributed by atoms with Crippen LogP contribution >= 0.6 is 11.6 Å². The molecule has 0 aliphatic carbocycles. The van der Waals surface area contributed by atoms with Crippen LogP contribution < -0.4 is 0 Å². The van der Waals surface area contributed by atoms with Crippen molar-refractivity contribution in [2.24, 2.45) is 0 Å². The molecule has 240 valence electrons. The van der Waals surface area contributed by atoms with E-state index in [0.29, 0.717) is 24.7 Å². The first kappa shape index (κ1) is 30.4. The maximum atomic E-state index is 14.2. The fourth-order valence-corrected chi connectivity index (χ4v) is 8.16. The van der Waals surface area contributed by atoms with E-state index in [-0.39, 0.29) is 17.6 Å². The van der Waals surface area contributed by atoms with E-state index in [0.717, 1.165) is 68.6 Å². The highest BCUT2D eigenvalue weighted by Crippen LogP contribution is 2.44. The number of fused-ring (bicyclic) bond motifs is 3. The monoisotopic (exact) mass is 644 g/mol. The van der Waals surface area contributed by atoms with Crippen molar-refractivity contribution in [3.05, 3.63) is 142 Å². The number of aromatic nitrogens is 1. The van der Waals surface area contributed by atoms with Gasteiger partial charge in [-0.25, -0.2) is 0 Å². The molecule has 2 fully saturated rings. The van der Waals surface area contributed by atoms with Crippen LogP contribution in [0.15, 0.2) is 109 Å². The Bertz CT molecular complexity index is 1870. The lowest BCUT2D eigenvalue weighted by Crippen LogP contribution is -2.53. The number of piperazine rings is 1. The molecule has 0 saturated carbocycles. The maximum Gasteiger partial charge on any atom is 0.256 e. The number of piperidine rings is 1. The third kappa shape index (κ3) is 6.12. The van der Waals surface area contributed by atoms with E-state index in [1.807, 2.05) is 23.1 Å². The van der Waals surface area contributed by atoms with Crippen LogP contribution in [-0.2, 0) is 36.6 Å². The molecular weight excluding hydrogens is 604 g/mol. The molecule has 2 saturated heterocycles. The summed E-state index contributed by atoms with van der Waals surface area (Å²) in [7, 11) is 0. The van der Waals surface area contributed by atoms with E-state index in [9.17, 15) is 4.79 Å². The van der Waals surface area contributed by atoms with Crippen molar-refractivity contribution in [1.29, 1.82) is 0 Å². The first-order valence-electron chi connectivity index (χ1n) is 16.9. The van der Waals surface area contributed by atoms with Gasteiger partial charge >= 0.3 is 0 Å². The average Bonchev–Trinajstić information content (AvgIpc) is 3.64. The van der Waals surface area contributed by atoms with Gasteiger partial charge in [0.1, 0.15) is 0 Å². The second kappa shape index (κ2) is 12.9. The van der Waals surface area contributed by atoms with Gasteiger partial charge in [0.2, 0.25) is 0 Å². The second-order valence-electron chi connectivity index (χ2n) is 13.4. The van der Waals surface area contributed by atoms with Crippen molar-refractivity contribution in [1.82, 2.24) is 19.3 Å². The summed E-state index contributed by atoms with van der Waals surface area (Å²) in [6, 6.07) is 36.2. The molecule has 7 heteroatoms. The normalized spacial score (nSPS) is 19.8. The first-order valence-corrected chi connectivity index (χ1v) is 17.3. The van der Waals surface area contributed by atoms with Gasteiger partial charge in [-0.15, -0.1) is 0 Å². The quantitative estimate of drug-likeness (QED) is 0.186. The van der Waals surface area contributed by atoms with E-state index in [4.69, 9.17) is 16.3 Å². The molecule has 3 aliphatic rings. The Hall–Kier alpha value is -3.94. The van der Waals surface area contributed by atoms with Gasteiger partial charge < -0.3 is 14.2 Å². The number of halogens is 1. The summed E-state index contributed by atoms with van der Waals surface area (Å²) in [5, 5.41) is 1.65. The van der Waals surface area contributed by atoms with Crippen molar-refractivity contribution in [3.63, 3.8) is 0 Å². The predicted octanol–water partition coefficient (Wildman–Crippen LogP) is 7.34. The average molecular weight is 645 g/mol. The summed E-state index contributed by atoms with van der Waals surface area (Å²) >= 11 is 6.59. The molecular formula is C40H41ClN4O2. The Morgan fingerprint density at radius 1 is 0.809 bits per heavy atom. The third-order valence-electron chi connectivity index (χ3n) is 10.5. The maximum absolute atomic E-state index is 14.2. The standard InChI is InChI=1S/C40H41ClN4O2/c41-33-15-16-35-36(39(46)43-19-17-40(18-20-43)37-14-8-7-13-32(37)29-47-40)28-45(38(35)23-33)27-34-26-42(24-30-9-3-1-4-10-30)21-22-44(34)25-31-11-5-2-6-12-31/h1-16,23,28,34H,17-22,24-27,29H2. The van der Waals surface area contributed by atoms with Crippen LogP contribution in [0.1, 0.15) is 45.5 Å². The van der Waals surface area contributed by atoms with Crippen molar-refractivity contribution in [2.45, 2.75) is 50.7 Å². The zero-order valence-corrected chi connectivity index (χ0v) is 27.5. The molecule has 8 rings (SSSR count). The fourth-order valence-electron chi connectivity index (χ4n) is 7.99. The molecule has 5 aromatic rings. The Morgan fingerprint density at radius 3 is 2.28 bits per heavy atom. The van der Waals surface area contributed by atoms with E-state index in [1.54, 1.807) is 0 Å². The minimum atomic E-state index is -0.274. The topological polar surface area (TPSA) is 41.0 Å². The van der Waals surface area contributed by atoms with Crippen molar-refractivity contribution in [2.75, 3.05) is 32.7 Å². The number of benzene rings is 4. The largest absolute Gasteiger partial charge is 0.365 e. The van der Waals surface area contributed by atoms with E-state index < -0.39 is 0 Å². The number of hydrogen-bond acceptors (Lipinski definition) is 4. The van der Waals surface area contributed by atoms with Gasteiger partial charge in [-0.05, 0) is 47.2 Å². The lowest BCUT2D eigenvalue weighted by molar-refractivity contribution is -0.0741. The third-order valence-corrected chi connectivity index (χ3v) is 10.8. The molecule has 6 nitrogen and oxygen atoms in total. The fraction of sp³-hybridized carbons (Fsp3) is 0.325. The lowest BCUT2D eigenvalue weighted by Gasteiger charge is -2.42. The highest BCUT2D eigenvalue weighted by atomic mass is 35.5. The lowest BCUT2D eigenvalue weighted by atomic mass is 9.83. The highest BCUT2D eigenvalue weighted by molar-refractivity contribution is 6.31. The predicted molar refractivity (Wildman–Crippen MR) is 187 cm³/mol. The van der Waals surface area contributed by atoms with Crippen LogP contribution in [0, 0.1) is 0 Å². The van der Waals surface area contributed by atoms with E-state index in [1.165, 1.54) is 22.3 Å². The minimum absolute atomic E-state index is 0.0905. The number of amides is 1. The molecule has 1 atom stereocenters. The smallest absolute Gasteiger partial charge is 0.256 e. The Labute approximate surface area is 282 Å². The first-order chi connectivity index (χ1) is 23.0. The molecule has 1 aromatic heterocycles. The van der Waals surface area contributed by atoms with Crippen LogP contribution in [0.2, 0.25) is 5.02 Å². The van der Waals surface area contributed by atoms with Gasteiger partial charge in [0.25, 0.3) is 5.91 Å². The molecule has 1 unspecified atom stereocenters. The second-order valence-corrected chi connectivity index (χ2v) is 13.9. The number of ether oxygens (including phenoxy) is 1. The molecule has 4 heterocycles.